The molecule has 22 heavy (non-hydrogen) atoms. The molecule has 1 aromatic carbocycles. The van der Waals surface area contributed by atoms with Crippen molar-refractivity contribution in [1.29, 1.82) is 0 Å². The van der Waals surface area contributed by atoms with Crippen LogP contribution in [0.5, 0.6) is 0 Å². The summed E-state index contributed by atoms with van der Waals surface area (Å²) >= 11 is 0. The number of anilines is 2. The molecule has 0 aliphatic carbocycles. The van der Waals surface area contributed by atoms with Gasteiger partial charge in [0.25, 0.3) is 5.91 Å². The Morgan fingerprint density at radius 1 is 1.18 bits per heavy atom. The van der Waals surface area contributed by atoms with Crippen LogP contribution in [0.2, 0.25) is 0 Å². The SMILES string of the molecule is Cc1ccc(Nc2cnc(C(=O)NCC(C)C)cn2)c(C)c1. The molecule has 0 saturated heterocycles. The highest BCUT2D eigenvalue weighted by atomic mass is 16.1. The minimum atomic E-state index is -0.195. The fourth-order valence-corrected chi connectivity index (χ4v) is 1.99. The number of hydrogen-bond acceptors (Lipinski definition) is 4. The normalized spacial score (nSPS) is 10.6. The molecule has 0 aliphatic heterocycles. The zero-order valence-corrected chi connectivity index (χ0v) is 13.5. The minimum Gasteiger partial charge on any atom is -0.350 e. The van der Waals surface area contributed by atoms with Crippen molar-refractivity contribution in [3.05, 3.63) is 47.4 Å². The van der Waals surface area contributed by atoms with Crippen molar-refractivity contribution in [2.45, 2.75) is 27.7 Å². The number of carbonyl (C=O) groups excluding carboxylic acids is 1. The van der Waals surface area contributed by atoms with Gasteiger partial charge in [-0.1, -0.05) is 31.5 Å². The Kier molecular flexibility index (Phi) is 5.09. The zero-order chi connectivity index (χ0) is 16.1. The molecule has 0 spiro atoms. The molecule has 1 heterocycles. The molecule has 0 saturated carbocycles. The fraction of sp³-hybridized carbons (Fsp3) is 0.353. The second-order valence-corrected chi connectivity index (χ2v) is 5.83. The van der Waals surface area contributed by atoms with Crippen molar-refractivity contribution in [3.63, 3.8) is 0 Å². The highest BCUT2D eigenvalue weighted by Crippen LogP contribution is 2.19. The Morgan fingerprint density at radius 2 is 1.95 bits per heavy atom. The summed E-state index contributed by atoms with van der Waals surface area (Å²) in [6, 6.07) is 6.15. The summed E-state index contributed by atoms with van der Waals surface area (Å²) in [4.78, 5) is 20.3. The van der Waals surface area contributed by atoms with Crippen LogP contribution in [-0.2, 0) is 0 Å². The van der Waals surface area contributed by atoms with E-state index in [0.29, 0.717) is 24.0 Å². The summed E-state index contributed by atoms with van der Waals surface area (Å²) in [5.41, 5.74) is 3.66. The summed E-state index contributed by atoms with van der Waals surface area (Å²) in [5.74, 6) is 0.828. The predicted octanol–water partition coefficient (Wildman–Crippen LogP) is 3.22. The van der Waals surface area contributed by atoms with Crippen LogP contribution in [0.4, 0.5) is 11.5 Å². The Bertz CT molecular complexity index is 650. The highest BCUT2D eigenvalue weighted by molar-refractivity contribution is 5.92. The number of aryl methyl sites for hydroxylation is 2. The highest BCUT2D eigenvalue weighted by Gasteiger charge is 2.08. The van der Waals surface area contributed by atoms with Gasteiger partial charge in [-0.15, -0.1) is 0 Å². The lowest BCUT2D eigenvalue weighted by Gasteiger charge is -2.10. The first-order chi connectivity index (χ1) is 10.5. The third kappa shape index (κ3) is 4.28. The standard InChI is InChI=1S/C17H22N4O/c1-11(2)8-20-17(22)15-9-19-16(10-18-15)21-14-6-5-12(3)7-13(14)4/h5-7,9-11H,8H2,1-4H3,(H,19,21)(H,20,22). The number of nitrogens with one attached hydrogen (secondary N) is 2. The van der Waals surface area contributed by atoms with Crippen molar-refractivity contribution in [1.82, 2.24) is 15.3 Å². The van der Waals surface area contributed by atoms with Crippen LogP contribution in [0.1, 0.15) is 35.5 Å². The van der Waals surface area contributed by atoms with Crippen LogP contribution in [0.25, 0.3) is 0 Å². The van der Waals surface area contributed by atoms with E-state index in [1.807, 2.05) is 32.9 Å². The van der Waals surface area contributed by atoms with Gasteiger partial charge in [0.05, 0.1) is 12.4 Å². The van der Waals surface area contributed by atoms with Gasteiger partial charge in [-0.25, -0.2) is 9.97 Å². The van der Waals surface area contributed by atoms with Gasteiger partial charge in [-0.3, -0.25) is 4.79 Å². The Morgan fingerprint density at radius 3 is 2.55 bits per heavy atom. The fourth-order valence-electron chi connectivity index (χ4n) is 1.99. The lowest BCUT2D eigenvalue weighted by atomic mass is 10.1. The summed E-state index contributed by atoms with van der Waals surface area (Å²) < 4.78 is 0. The first-order valence-electron chi connectivity index (χ1n) is 7.40. The van der Waals surface area contributed by atoms with E-state index in [4.69, 9.17) is 0 Å². The Labute approximate surface area is 131 Å². The maximum atomic E-state index is 11.9. The average molecular weight is 298 g/mol. The van der Waals surface area contributed by atoms with Gasteiger partial charge in [0.15, 0.2) is 0 Å². The second-order valence-electron chi connectivity index (χ2n) is 5.83. The van der Waals surface area contributed by atoms with Crippen LogP contribution in [0, 0.1) is 19.8 Å². The van der Waals surface area contributed by atoms with Gasteiger partial charge in [-0.2, -0.15) is 0 Å². The molecular weight excluding hydrogens is 276 g/mol. The van der Waals surface area contributed by atoms with Crippen LogP contribution >= 0.6 is 0 Å². The molecule has 5 heteroatoms. The molecule has 116 valence electrons. The molecule has 1 aromatic heterocycles. The molecule has 0 radical (unpaired) electrons. The molecule has 2 N–H and O–H groups in total. The van der Waals surface area contributed by atoms with Crippen molar-refractivity contribution in [2.24, 2.45) is 5.92 Å². The van der Waals surface area contributed by atoms with E-state index in [-0.39, 0.29) is 5.91 Å². The van der Waals surface area contributed by atoms with Gasteiger partial charge in [0.2, 0.25) is 0 Å². The minimum absolute atomic E-state index is 0.195. The maximum absolute atomic E-state index is 11.9. The first kappa shape index (κ1) is 15.9. The van der Waals surface area contributed by atoms with Crippen LogP contribution < -0.4 is 10.6 Å². The van der Waals surface area contributed by atoms with Crippen molar-refractivity contribution in [3.8, 4) is 0 Å². The number of aromatic nitrogens is 2. The average Bonchev–Trinajstić information content (AvgIpc) is 2.48. The van der Waals surface area contributed by atoms with Crippen LogP contribution in [-0.4, -0.2) is 22.4 Å². The van der Waals surface area contributed by atoms with Gasteiger partial charge in [0, 0.05) is 12.2 Å². The summed E-state index contributed by atoms with van der Waals surface area (Å²) in [6.45, 7) is 8.81. The number of nitrogens with zero attached hydrogens (tertiary/aromatic N) is 2. The van der Waals surface area contributed by atoms with Gasteiger partial charge >= 0.3 is 0 Å². The van der Waals surface area contributed by atoms with Gasteiger partial charge < -0.3 is 10.6 Å². The number of rotatable bonds is 5. The summed E-state index contributed by atoms with van der Waals surface area (Å²) in [7, 11) is 0. The quantitative estimate of drug-likeness (QED) is 0.889. The number of amides is 1. The Hall–Kier alpha value is -2.43. The van der Waals surface area contributed by atoms with Crippen molar-refractivity contribution in [2.75, 3.05) is 11.9 Å². The van der Waals surface area contributed by atoms with E-state index in [9.17, 15) is 4.79 Å². The third-order valence-corrected chi connectivity index (χ3v) is 3.20. The first-order valence-corrected chi connectivity index (χ1v) is 7.40. The molecular formula is C17H22N4O. The molecule has 2 aromatic rings. The van der Waals surface area contributed by atoms with Gasteiger partial charge in [0.1, 0.15) is 11.5 Å². The van der Waals surface area contributed by atoms with Crippen molar-refractivity contribution >= 4 is 17.4 Å². The van der Waals surface area contributed by atoms with Gasteiger partial charge in [-0.05, 0) is 31.4 Å². The molecule has 2 rings (SSSR count). The van der Waals surface area contributed by atoms with Crippen molar-refractivity contribution < 1.29 is 4.79 Å². The number of benzene rings is 1. The number of carbonyl (C=O) groups is 1. The summed E-state index contributed by atoms with van der Waals surface area (Å²) in [6.07, 6.45) is 3.06. The zero-order valence-electron chi connectivity index (χ0n) is 13.5. The summed E-state index contributed by atoms with van der Waals surface area (Å²) in [5, 5.41) is 6.03. The molecule has 1 amide bonds. The van der Waals surface area contributed by atoms with E-state index in [2.05, 4.69) is 33.6 Å². The lowest BCUT2D eigenvalue weighted by Crippen LogP contribution is -2.28. The smallest absolute Gasteiger partial charge is 0.271 e. The lowest BCUT2D eigenvalue weighted by molar-refractivity contribution is 0.0943. The molecule has 5 nitrogen and oxygen atoms in total. The molecule has 0 bridgehead atoms. The van der Waals surface area contributed by atoms with E-state index >= 15 is 0 Å². The maximum Gasteiger partial charge on any atom is 0.271 e. The molecule has 0 atom stereocenters. The molecule has 0 fully saturated rings. The molecule has 0 unspecified atom stereocenters. The Balaban J connectivity index is 2.04. The largest absolute Gasteiger partial charge is 0.350 e. The van der Waals surface area contributed by atoms with Crippen LogP contribution in [0.3, 0.4) is 0 Å². The third-order valence-electron chi connectivity index (χ3n) is 3.20. The monoisotopic (exact) mass is 298 g/mol. The van der Waals surface area contributed by atoms with E-state index < -0.39 is 0 Å². The predicted molar refractivity (Wildman–Crippen MR) is 88.4 cm³/mol. The van der Waals surface area contributed by atoms with E-state index in [1.54, 1.807) is 6.20 Å². The van der Waals surface area contributed by atoms with Crippen LogP contribution in [0.15, 0.2) is 30.6 Å². The van der Waals surface area contributed by atoms with E-state index in [0.717, 1.165) is 11.3 Å². The molecule has 0 aliphatic rings. The second kappa shape index (κ2) is 7.02. The topological polar surface area (TPSA) is 66.9 Å². The number of hydrogen-bond donors (Lipinski definition) is 2. The van der Waals surface area contributed by atoms with E-state index in [1.165, 1.54) is 11.8 Å².